The summed E-state index contributed by atoms with van der Waals surface area (Å²) in [6.45, 7) is 4.36. The molecule has 0 spiro atoms. The van der Waals surface area contributed by atoms with Crippen LogP contribution in [0.25, 0.3) is 0 Å². The fourth-order valence-electron chi connectivity index (χ4n) is 2.50. The standard InChI is InChI=1S/C19H23ClN2O2S/c1-3-22(19(24)8-4-6-16-7-5-11-25-16)13-18(23)21-17-12-15(20)10-9-14(17)2/h5,7,9-12H,3-4,6,8,13H2,1-2H3,(H,21,23). The number of thiophene rings is 1. The molecule has 1 aromatic heterocycles. The van der Waals surface area contributed by atoms with Crippen LogP contribution in [-0.4, -0.2) is 29.8 Å². The minimum absolute atomic E-state index is 0.0111. The predicted molar refractivity (Wildman–Crippen MR) is 104 cm³/mol. The summed E-state index contributed by atoms with van der Waals surface area (Å²) in [7, 11) is 0. The summed E-state index contributed by atoms with van der Waals surface area (Å²) in [5, 5.41) is 5.44. The van der Waals surface area contributed by atoms with Gasteiger partial charge >= 0.3 is 0 Å². The van der Waals surface area contributed by atoms with E-state index in [4.69, 9.17) is 11.6 Å². The molecule has 0 bridgehead atoms. The first-order valence-electron chi connectivity index (χ1n) is 8.35. The van der Waals surface area contributed by atoms with E-state index in [-0.39, 0.29) is 18.4 Å². The molecule has 1 N–H and O–H groups in total. The molecule has 2 rings (SSSR count). The zero-order chi connectivity index (χ0) is 18.2. The molecule has 6 heteroatoms. The van der Waals surface area contributed by atoms with Gasteiger partial charge in [-0.15, -0.1) is 11.3 Å². The Morgan fingerprint density at radius 1 is 1.28 bits per heavy atom. The molecule has 1 heterocycles. The van der Waals surface area contributed by atoms with Gasteiger partial charge in [-0.2, -0.15) is 0 Å². The molecule has 134 valence electrons. The number of rotatable bonds is 8. The topological polar surface area (TPSA) is 49.4 Å². The summed E-state index contributed by atoms with van der Waals surface area (Å²) in [4.78, 5) is 27.5. The maximum atomic E-state index is 12.3. The Bertz CT molecular complexity index is 716. The lowest BCUT2D eigenvalue weighted by Gasteiger charge is -2.20. The second-order valence-corrected chi connectivity index (χ2v) is 7.32. The molecule has 0 fully saturated rings. The number of benzene rings is 1. The van der Waals surface area contributed by atoms with Crippen LogP contribution in [0.15, 0.2) is 35.7 Å². The summed E-state index contributed by atoms with van der Waals surface area (Å²) in [6.07, 6.45) is 2.15. The summed E-state index contributed by atoms with van der Waals surface area (Å²) in [5.74, 6) is -0.198. The molecular weight excluding hydrogens is 356 g/mol. The lowest BCUT2D eigenvalue weighted by molar-refractivity contribution is -0.134. The van der Waals surface area contributed by atoms with Crippen LogP contribution in [0.4, 0.5) is 5.69 Å². The number of aryl methyl sites for hydroxylation is 2. The van der Waals surface area contributed by atoms with E-state index in [1.54, 1.807) is 28.4 Å². The molecule has 0 aliphatic carbocycles. The maximum absolute atomic E-state index is 12.3. The van der Waals surface area contributed by atoms with Crippen molar-refractivity contribution in [3.8, 4) is 0 Å². The number of halogens is 1. The second-order valence-electron chi connectivity index (χ2n) is 5.85. The lowest BCUT2D eigenvalue weighted by atomic mass is 10.2. The van der Waals surface area contributed by atoms with Crippen LogP contribution >= 0.6 is 22.9 Å². The number of nitrogens with zero attached hydrogens (tertiary/aromatic N) is 1. The van der Waals surface area contributed by atoms with Crippen molar-refractivity contribution in [1.82, 2.24) is 4.90 Å². The first kappa shape index (κ1) is 19.5. The fourth-order valence-corrected chi connectivity index (χ4v) is 3.42. The monoisotopic (exact) mass is 378 g/mol. The van der Waals surface area contributed by atoms with E-state index in [0.29, 0.717) is 23.7 Å². The minimum atomic E-state index is -0.209. The molecule has 1 aromatic carbocycles. The molecule has 2 aromatic rings. The van der Waals surface area contributed by atoms with E-state index >= 15 is 0 Å². The smallest absolute Gasteiger partial charge is 0.244 e. The second kappa shape index (κ2) is 9.59. The van der Waals surface area contributed by atoms with Crippen molar-refractivity contribution >= 4 is 40.4 Å². The molecule has 0 atom stereocenters. The van der Waals surface area contributed by atoms with Crippen LogP contribution in [0.3, 0.4) is 0 Å². The first-order valence-corrected chi connectivity index (χ1v) is 9.61. The molecule has 4 nitrogen and oxygen atoms in total. The minimum Gasteiger partial charge on any atom is -0.334 e. The van der Waals surface area contributed by atoms with Crippen LogP contribution < -0.4 is 5.32 Å². The average Bonchev–Trinajstić information content (AvgIpc) is 3.09. The SMILES string of the molecule is CCN(CC(=O)Nc1cc(Cl)ccc1C)C(=O)CCCc1cccs1. The molecule has 25 heavy (non-hydrogen) atoms. The van der Waals surface area contributed by atoms with E-state index in [2.05, 4.69) is 11.4 Å². The van der Waals surface area contributed by atoms with E-state index in [1.807, 2.05) is 31.4 Å². The van der Waals surface area contributed by atoms with Crippen LogP contribution in [0.2, 0.25) is 5.02 Å². The van der Waals surface area contributed by atoms with Gasteiger partial charge in [0.2, 0.25) is 11.8 Å². The van der Waals surface area contributed by atoms with Gasteiger partial charge in [0.1, 0.15) is 0 Å². The molecular formula is C19H23ClN2O2S. The van der Waals surface area contributed by atoms with Crippen molar-refractivity contribution in [1.29, 1.82) is 0 Å². The van der Waals surface area contributed by atoms with E-state index < -0.39 is 0 Å². The molecule has 0 saturated heterocycles. The number of carbonyl (C=O) groups is 2. The third-order valence-electron chi connectivity index (χ3n) is 3.94. The highest BCUT2D eigenvalue weighted by Gasteiger charge is 2.16. The van der Waals surface area contributed by atoms with Gasteiger partial charge in [0.25, 0.3) is 0 Å². The Balaban J connectivity index is 1.83. The quantitative estimate of drug-likeness (QED) is 0.734. The summed E-state index contributed by atoms with van der Waals surface area (Å²) >= 11 is 7.67. The van der Waals surface area contributed by atoms with Crippen molar-refractivity contribution in [3.05, 3.63) is 51.2 Å². The summed E-state index contributed by atoms with van der Waals surface area (Å²) in [6, 6.07) is 9.44. The molecule has 0 saturated carbocycles. The number of likely N-dealkylation sites (N-methyl/N-ethyl adjacent to an activating group) is 1. The highest BCUT2D eigenvalue weighted by molar-refractivity contribution is 7.09. The Hall–Kier alpha value is -1.85. The first-order chi connectivity index (χ1) is 12.0. The number of anilines is 1. The maximum Gasteiger partial charge on any atom is 0.244 e. The third kappa shape index (κ3) is 6.18. The Labute approximate surface area is 157 Å². The number of nitrogens with one attached hydrogen (secondary N) is 1. The lowest BCUT2D eigenvalue weighted by Crippen LogP contribution is -2.37. The van der Waals surface area contributed by atoms with Gasteiger partial charge in [0.15, 0.2) is 0 Å². The number of hydrogen-bond acceptors (Lipinski definition) is 3. The number of carbonyl (C=O) groups excluding carboxylic acids is 2. The fraction of sp³-hybridized carbons (Fsp3) is 0.368. The summed E-state index contributed by atoms with van der Waals surface area (Å²) in [5.41, 5.74) is 1.61. The Kier molecular flexibility index (Phi) is 7.47. The van der Waals surface area contributed by atoms with E-state index in [0.717, 1.165) is 18.4 Å². The highest BCUT2D eigenvalue weighted by Crippen LogP contribution is 2.20. The summed E-state index contributed by atoms with van der Waals surface area (Å²) < 4.78 is 0. The third-order valence-corrected chi connectivity index (χ3v) is 5.11. The van der Waals surface area contributed by atoms with Gasteiger partial charge in [-0.3, -0.25) is 9.59 Å². The van der Waals surface area contributed by atoms with Gasteiger partial charge in [0.05, 0.1) is 6.54 Å². The normalized spacial score (nSPS) is 10.5. The van der Waals surface area contributed by atoms with E-state index in [9.17, 15) is 9.59 Å². The number of amides is 2. The molecule has 0 aliphatic rings. The van der Waals surface area contributed by atoms with E-state index in [1.165, 1.54) is 4.88 Å². The molecule has 0 radical (unpaired) electrons. The molecule has 0 unspecified atom stereocenters. The largest absolute Gasteiger partial charge is 0.334 e. The van der Waals surface area contributed by atoms with Crippen LogP contribution in [0, 0.1) is 6.92 Å². The van der Waals surface area contributed by atoms with Gasteiger partial charge in [-0.05, 0) is 55.8 Å². The van der Waals surface area contributed by atoms with Crippen molar-refractivity contribution in [2.45, 2.75) is 33.1 Å². The predicted octanol–water partition coefficient (Wildman–Crippen LogP) is 4.52. The average molecular weight is 379 g/mol. The Morgan fingerprint density at radius 3 is 2.76 bits per heavy atom. The number of hydrogen-bond donors (Lipinski definition) is 1. The van der Waals surface area contributed by atoms with Gasteiger partial charge in [-0.1, -0.05) is 23.7 Å². The van der Waals surface area contributed by atoms with Crippen molar-refractivity contribution in [2.75, 3.05) is 18.4 Å². The highest BCUT2D eigenvalue weighted by atomic mass is 35.5. The van der Waals surface area contributed by atoms with Crippen LogP contribution in [0.5, 0.6) is 0 Å². The molecule has 2 amide bonds. The van der Waals surface area contributed by atoms with Gasteiger partial charge < -0.3 is 10.2 Å². The zero-order valence-electron chi connectivity index (χ0n) is 14.5. The van der Waals surface area contributed by atoms with Gasteiger partial charge in [-0.25, -0.2) is 0 Å². The van der Waals surface area contributed by atoms with Crippen LogP contribution in [-0.2, 0) is 16.0 Å². The van der Waals surface area contributed by atoms with Gasteiger partial charge in [0, 0.05) is 28.6 Å². The van der Waals surface area contributed by atoms with Crippen molar-refractivity contribution in [2.24, 2.45) is 0 Å². The zero-order valence-corrected chi connectivity index (χ0v) is 16.1. The molecule has 0 aliphatic heterocycles. The van der Waals surface area contributed by atoms with Crippen LogP contribution in [0.1, 0.15) is 30.2 Å². The van der Waals surface area contributed by atoms with Crippen molar-refractivity contribution < 1.29 is 9.59 Å². The van der Waals surface area contributed by atoms with Crippen molar-refractivity contribution in [3.63, 3.8) is 0 Å². The Morgan fingerprint density at radius 2 is 2.08 bits per heavy atom.